The molecular formula is C12H17NO3. The first-order valence-electron chi connectivity index (χ1n) is 5.33. The zero-order chi connectivity index (χ0) is 11.8. The zero-order valence-electron chi connectivity index (χ0n) is 9.66. The first-order valence-corrected chi connectivity index (χ1v) is 5.33. The molecule has 1 aromatic carbocycles. The minimum absolute atomic E-state index is 0.345. The van der Waals surface area contributed by atoms with E-state index >= 15 is 0 Å². The smallest absolute Gasteiger partial charge is 0.341 e. The normalized spacial score (nSPS) is 9.88. The van der Waals surface area contributed by atoms with Crippen LogP contribution in [0.4, 0.5) is 0 Å². The van der Waals surface area contributed by atoms with Crippen molar-refractivity contribution in [2.45, 2.75) is 6.92 Å². The number of esters is 1. The summed E-state index contributed by atoms with van der Waals surface area (Å²) < 4.78 is 10.4. The summed E-state index contributed by atoms with van der Waals surface area (Å²) in [6.07, 6.45) is 0. The van der Waals surface area contributed by atoms with E-state index in [1.54, 1.807) is 25.1 Å². The third kappa shape index (κ3) is 3.55. The number of nitrogens with one attached hydrogen (secondary N) is 1. The van der Waals surface area contributed by atoms with Crippen molar-refractivity contribution in [3.8, 4) is 5.75 Å². The molecule has 16 heavy (non-hydrogen) atoms. The molecule has 0 bridgehead atoms. The lowest BCUT2D eigenvalue weighted by Gasteiger charge is -2.10. The molecule has 4 nitrogen and oxygen atoms in total. The predicted molar refractivity (Wildman–Crippen MR) is 61.8 cm³/mol. The number of carbonyl (C=O) groups excluding carboxylic acids is 1. The van der Waals surface area contributed by atoms with Gasteiger partial charge in [-0.05, 0) is 26.1 Å². The Morgan fingerprint density at radius 2 is 2.12 bits per heavy atom. The summed E-state index contributed by atoms with van der Waals surface area (Å²) >= 11 is 0. The van der Waals surface area contributed by atoms with Gasteiger partial charge in [-0.3, -0.25) is 0 Å². The molecule has 0 heterocycles. The molecule has 1 aromatic rings. The Morgan fingerprint density at radius 1 is 1.38 bits per heavy atom. The molecule has 0 saturated carbocycles. The molecule has 4 heteroatoms. The highest BCUT2D eigenvalue weighted by Gasteiger charge is 2.12. The van der Waals surface area contributed by atoms with Crippen molar-refractivity contribution >= 4 is 5.97 Å². The molecule has 88 valence electrons. The molecule has 0 saturated heterocycles. The molecule has 1 N–H and O–H groups in total. The molecule has 0 aliphatic rings. The van der Waals surface area contributed by atoms with Crippen LogP contribution in [0.15, 0.2) is 24.3 Å². The van der Waals surface area contributed by atoms with Gasteiger partial charge in [0.25, 0.3) is 0 Å². The Bertz CT molecular complexity index is 339. The number of rotatable bonds is 6. The molecule has 0 aliphatic heterocycles. The predicted octanol–water partition coefficient (Wildman–Crippen LogP) is 1.46. The van der Waals surface area contributed by atoms with Crippen LogP contribution < -0.4 is 10.1 Å². The fourth-order valence-electron chi connectivity index (χ4n) is 1.23. The SMILES string of the molecule is CCOC(=O)c1ccccc1OCCNC. The summed E-state index contributed by atoms with van der Waals surface area (Å²) in [6.45, 7) is 3.40. The molecule has 1 rings (SSSR count). The van der Waals surface area contributed by atoms with E-state index in [0.717, 1.165) is 6.54 Å². The van der Waals surface area contributed by atoms with E-state index in [-0.39, 0.29) is 5.97 Å². The molecule has 0 radical (unpaired) electrons. The number of benzene rings is 1. The maximum atomic E-state index is 11.6. The maximum absolute atomic E-state index is 11.6. The summed E-state index contributed by atoms with van der Waals surface area (Å²) in [5, 5.41) is 2.97. The van der Waals surface area contributed by atoms with Crippen LogP contribution in [-0.4, -0.2) is 32.8 Å². The molecule has 0 spiro atoms. The highest BCUT2D eigenvalue weighted by Crippen LogP contribution is 2.18. The second-order valence-electron chi connectivity index (χ2n) is 3.17. The third-order valence-corrected chi connectivity index (χ3v) is 1.99. The molecular weight excluding hydrogens is 206 g/mol. The van der Waals surface area contributed by atoms with Crippen molar-refractivity contribution in [3.63, 3.8) is 0 Å². The zero-order valence-corrected chi connectivity index (χ0v) is 9.66. The van der Waals surface area contributed by atoms with Crippen molar-refractivity contribution in [1.82, 2.24) is 5.32 Å². The van der Waals surface area contributed by atoms with Gasteiger partial charge < -0.3 is 14.8 Å². The average Bonchev–Trinajstić information content (AvgIpc) is 2.30. The van der Waals surface area contributed by atoms with Crippen molar-refractivity contribution in [2.75, 3.05) is 26.8 Å². The highest BCUT2D eigenvalue weighted by atomic mass is 16.5. The molecule has 0 fully saturated rings. The van der Waals surface area contributed by atoms with E-state index in [2.05, 4.69) is 5.32 Å². The van der Waals surface area contributed by atoms with Gasteiger partial charge in [-0.1, -0.05) is 12.1 Å². The van der Waals surface area contributed by atoms with Gasteiger partial charge in [-0.2, -0.15) is 0 Å². The Labute approximate surface area is 95.6 Å². The van der Waals surface area contributed by atoms with E-state index in [0.29, 0.717) is 24.5 Å². The Kier molecular flexibility index (Phi) is 5.36. The Morgan fingerprint density at radius 3 is 2.81 bits per heavy atom. The van der Waals surface area contributed by atoms with Crippen LogP contribution in [0.25, 0.3) is 0 Å². The van der Waals surface area contributed by atoms with Crippen molar-refractivity contribution in [3.05, 3.63) is 29.8 Å². The van der Waals surface area contributed by atoms with Gasteiger partial charge in [-0.15, -0.1) is 0 Å². The topological polar surface area (TPSA) is 47.6 Å². The van der Waals surface area contributed by atoms with E-state index in [1.807, 2.05) is 13.1 Å². The van der Waals surface area contributed by atoms with E-state index in [9.17, 15) is 4.79 Å². The lowest BCUT2D eigenvalue weighted by Crippen LogP contribution is -2.17. The quantitative estimate of drug-likeness (QED) is 0.586. The summed E-state index contributed by atoms with van der Waals surface area (Å²) in [7, 11) is 1.85. The molecule has 0 unspecified atom stereocenters. The third-order valence-electron chi connectivity index (χ3n) is 1.99. The fraction of sp³-hybridized carbons (Fsp3) is 0.417. The van der Waals surface area contributed by atoms with Gasteiger partial charge in [0, 0.05) is 6.54 Å². The minimum atomic E-state index is -0.345. The molecule has 0 aliphatic carbocycles. The number of hydrogen-bond donors (Lipinski definition) is 1. The van der Waals surface area contributed by atoms with Crippen molar-refractivity contribution in [1.29, 1.82) is 0 Å². The minimum Gasteiger partial charge on any atom is -0.491 e. The Hall–Kier alpha value is -1.55. The van der Waals surface area contributed by atoms with Gasteiger partial charge in [-0.25, -0.2) is 4.79 Å². The lowest BCUT2D eigenvalue weighted by molar-refractivity contribution is 0.0521. The molecule has 0 amide bonds. The Balaban J connectivity index is 2.71. The highest BCUT2D eigenvalue weighted by molar-refractivity contribution is 5.92. The van der Waals surface area contributed by atoms with Crippen LogP contribution in [0.3, 0.4) is 0 Å². The van der Waals surface area contributed by atoms with Crippen LogP contribution >= 0.6 is 0 Å². The van der Waals surface area contributed by atoms with Gasteiger partial charge in [0.1, 0.15) is 17.9 Å². The first kappa shape index (κ1) is 12.5. The van der Waals surface area contributed by atoms with E-state index < -0.39 is 0 Å². The van der Waals surface area contributed by atoms with Crippen LogP contribution in [0.1, 0.15) is 17.3 Å². The van der Waals surface area contributed by atoms with Crippen molar-refractivity contribution in [2.24, 2.45) is 0 Å². The molecule has 0 aromatic heterocycles. The monoisotopic (exact) mass is 223 g/mol. The first-order chi connectivity index (χ1) is 7.79. The second-order valence-corrected chi connectivity index (χ2v) is 3.17. The van der Waals surface area contributed by atoms with Gasteiger partial charge in [0.05, 0.1) is 6.61 Å². The number of para-hydroxylation sites is 1. The average molecular weight is 223 g/mol. The second kappa shape index (κ2) is 6.85. The summed E-state index contributed by atoms with van der Waals surface area (Å²) in [5.41, 5.74) is 0.473. The molecule has 0 atom stereocenters. The van der Waals surface area contributed by atoms with Crippen LogP contribution in [0.2, 0.25) is 0 Å². The lowest BCUT2D eigenvalue weighted by atomic mass is 10.2. The fourth-order valence-corrected chi connectivity index (χ4v) is 1.23. The number of ether oxygens (including phenoxy) is 2. The van der Waals surface area contributed by atoms with E-state index in [1.165, 1.54) is 0 Å². The summed E-state index contributed by atoms with van der Waals surface area (Å²) in [4.78, 5) is 11.6. The number of likely N-dealkylation sites (N-methyl/N-ethyl adjacent to an activating group) is 1. The standard InChI is InChI=1S/C12H17NO3/c1-3-15-12(14)10-6-4-5-7-11(10)16-9-8-13-2/h4-7,13H,3,8-9H2,1-2H3. The van der Waals surface area contributed by atoms with E-state index in [4.69, 9.17) is 9.47 Å². The van der Waals surface area contributed by atoms with Crippen LogP contribution in [-0.2, 0) is 4.74 Å². The number of carbonyl (C=O) groups is 1. The van der Waals surface area contributed by atoms with Crippen molar-refractivity contribution < 1.29 is 14.3 Å². The summed E-state index contributed by atoms with van der Waals surface area (Å²) in [6, 6.07) is 7.09. The summed E-state index contributed by atoms with van der Waals surface area (Å²) in [5.74, 6) is 0.221. The van der Waals surface area contributed by atoms with Crippen LogP contribution in [0, 0.1) is 0 Å². The van der Waals surface area contributed by atoms with Gasteiger partial charge in [0.2, 0.25) is 0 Å². The maximum Gasteiger partial charge on any atom is 0.341 e. The van der Waals surface area contributed by atoms with Gasteiger partial charge in [0.15, 0.2) is 0 Å². The van der Waals surface area contributed by atoms with Gasteiger partial charge >= 0.3 is 5.97 Å². The van der Waals surface area contributed by atoms with Crippen LogP contribution in [0.5, 0.6) is 5.75 Å². The largest absolute Gasteiger partial charge is 0.491 e. The number of hydrogen-bond acceptors (Lipinski definition) is 4.